The van der Waals surface area contributed by atoms with Gasteiger partial charge in [0, 0.05) is 56.9 Å². The number of carbonyl (C=O) groups is 1. The van der Waals surface area contributed by atoms with Crippen LogP contribution in [0.4, 0.5) is 0 Å². The lowest BCUT2D eigenvalue weighted by Crippen LogP contribution is -2.45. The summed E-state index contributed by atoms with van der Waals surface area (Å²) < 4.78 is 0. The monoisotopic (exact) mass is 468 g/mol. The minimum atomic E-state index is -0.117. The average molecular weight is 469 g/mol. The maximum absolute atomic E-state index is 13.5. The van der Waals surface area contributed by atoms with Crippen LogP contribution < -0.4 is 11.1 Å². The second-order valence-electron chi connectivity index (χ2n) is 9.75. The van der Waals surface area contributed by atoms with E-state index in [-0.39, 0.29) is 18.0 Å². The maximum atomic E-state index is 13.5. The molecule has 1 amide bonds. The molecule has 2 saturated heterocycles. The van der Waals surface area contributed by atoms with E-state index in [9.17, 15) is 4.79 Å². The number of hydrogen-bond donors (Lipinski definition) is 3. The third-order valence-corrected chi connectivity index (χ3v) is 6.40. The molecular formula is C25H40N8O. The van der Waals surface area contributed by atoms with Gasteiger partial charge in [0.05, 0.1) is 6.04 Å². The van der Waals surface area contributed by atoms with E-state index in [1.165, 1.54) is 0 Å². The van der Waals surface area contributed by atoms with Gasteiger partial charge in [0.15, 0.2) is 5.82 Å². The molecule has 2 atom stereocenters. The summed E-state index contributed by atoms with van der Waals surface area (Å²) in [6.07, 6.45) is 10.0. The van der Waals surface area contributed by atoms with Crippen molar-refractivity contribution in [1.29, 1.82) is 5.41 Å². The standard InChI is InChI=1S/C25H40N8O/c1-17(2)12-20(27)13-22(28-4)25(34)32-10-7-6-8-21(32)14-23-30-24(18(3)15-33(23)29-5)31-11-9-19(26)16-31/h13-15,17,19,21,27-28H,5-12,16,26H2,1-4H3/b22-13-,23-14-,27-20?/t19-,21?/m0/s1. The fourth-order valence-corrected chi connectivity index (χ4v) is 4.71. The predicted octanol–water partition coefficient (Wildman–Crippen LogP) is 2.64. The van der Waals surface area contributed by atoms with E-state index in [1.807, 2.05) is 24.1 Å². The van der Waals surface area contributed by atoms with Crippen molar-refractivity contribution in [2.45, 2.75) is 65.0 Å². The van der Waals surface area contributed by atoms with Crippen LogP contribution in [0.25, 0.3) is 0 Å². The number of hydrazone groups is 1. The first-order chi connectivity index (χ1) is 16.2. The van der Waals surface area contributed by atoms with Crippen molar-refractivity contribution in [1.82, 2.24) is 20.1 Å². The Morgan fingerprint density at radius 1 is 1.38 bits per heavy atom. The van der Waals surface area contributed by atoms with Gasteiger partial charge in [0.1, 0.15) is 11.5 Å². The number of rotatable bonds is 7. The van der Waals surface area contributed by atoms with Crippen LogP contribution in [-0.4, -0.2) is 77.7 Å². The van der Waals surface area contributed by atoms with Gasteiger partial charge in [-0.2, -0.15) is 5.10 Å². The maximum Gasteiger partial charge on any atom is 0.270 e. The Balaban J connectivity index is 1.88. The van der Waals surface area contributed by atoms with Crippen molar-refractivity contribution >= 4 is 24.2 Å². The van der Waals surface area contributed by atoms with E-state index >= 15 is 0 Å². The summed E-state index contributed by atoms with van der Waals surface area (Å²) in [4.78, 5) is 22.5. The van der Waals surface area contributed by atoms with Crippen molar-refractivity contribution in [3.8, 4) is 0 Å². The summed E-state index contributed by atoms with van der Waals surface area (Å²) in [5.74, 6) is 1.85. The van der Waals surface area contributed by atoms with Crippen LogP contribution in [-0.2, 0) is 4.79 Å². The Kier molecular flexibility index (Phi) is 8.66. The van der Waals surface area contributed by atoms with E-state index in [4.69, 9.17) is 16.1 Å². The number of aliphatic imine (C=N–C) groups is 1. The van der Waals surface area contributed by atoms with Gasteiger partial charge in [-0.15, -0.1) is 0 Å². The van der Waals surface area contributed by atoms with E-state index in [0.717, 1.165) is 50.2 Å². The van der Waals surface area contributed by atoms with Gasteiger partial charge >= 0.3 is 0 Å². The van der Waals surface area contributed by atoms with Gasteiger partial charge in [-0.3, -0.25) is 4.79 Å². The van der Waals surface area contributed by atoms with E-state index < -0.39 is 0 Å². The number of hydrogen-bond acceptors (Lipinski definition) is 8. The number of amidine groups is 1. The zero-order valence-electron chi connectivity index (χ0n) is 21.0. The molecule has 0 aromatic carbocycles. The zero-order chi connectivity index (χ0) is 24.8. The highest BCUT2D eigenvalue weighted by Gasteiger charge is 2.30. The van der Waals surface area contributed by atoms with Crippen molar-refractivity contribution in [3.05, 3.63) is 35.4 Å². The van der Waals surface area contributed by atoms with Crippen molar-refractivity contribution in [2.75, 3.05) is 26.7 Å². The molecule has 0 spiro atoms. The first kappa shape index (κ1) is 25.7. The number of carbonyl (C=O) groups excluding carboxylic acids is 1. The van der Waals surface area contributed by atoms with Gasteiger partial charge in [-0.1, -0.05) is 13.8 Å². The quantitative estimate of drug-likeness (QED) is 0.393. The summed E-state index contributed by atoms with van der Waals surface area (Å²) >= 11 is 0. The first-order valence-corrected chi connectivity index (χ1v) is 12.3. The second-order valence-corrected chi connectivity index (χ2v) is 9.75. The lowest BCUT2D eigenvalue weighted by molar-refractivity contribution is -0.130. The normalized spacial score (nSPS) is 24.9. The molecule has 0 saturated carbocycles. The van der Waals surface area contributed by atoms with Gasteiger partial charge < -0.3 is 26.3 Å². The van der Waals surface area contributed by atoms with Gasteiger partial charge in [-0.25, -0.2) is 10.0 Å². The minimum absolute atomic E-state index is 0.0899. The smallest absolute Gasteiger partial charge is 0.270 e. The van der Waals surface area contributed by atoms with E-state index in [0.29, 0.717) is 36.1 Å². The molecule has 3 rings (SSSR count). The van der Waals surface area contributed by atoms with Crippen molar-refractivity contribution in [2.24, 2.45) is 21.7 Å². The Bertz CT molecular complexity index is 916. The van der Waals surface area contributed by atoms with Crippen LogP contribution >= 0.6 is 0 Å². The lowest BCUT2D eigenvalue weighted by atomic mass is 10.0. The third-order valence-electron chi connectivity index (χ3n) is 6.40. The summed E-state index contributed by atoms with van der Waals surface area (Å²) in [5, 5.41) is 17.1. The number of nitrogens with one attached hydrogen (secondary N) is 2. The molecule has 2 fully saturated rings. The molecule has 0 aromatic heterocycles. The summed E-state index contributed by atoms with van der Waals surface area (Å²) in [6.45, 7) is 12.2. The Hall–Kier alpha value is -2.94. The molecule has 34 heavy (non-hydrogen) atoms. The number of nitrogens with two attached hydrogens (primary N) is 1. The number of amides is 1. The Morgan fingerprint density at radius 3 is 2.76 bits per heavy atom. The lowest BCUT2D eigenvalue weighted by Gasteiger charge is -2.36. The Labute approximate surface area is 203 Å². The average Bonchev–Trinajstić information content (AvgIpc) is 3.23. The summed E-state index contributed by atoms with van der Waals surface area (Å²) in [5.41, 5.74) is 8.04. The Morgan fingerprint density at radius 2 is 2.15 bits per heavy atom. The molecule has 1 unspecified atom stereocenters. The molecule has 3 aliphatic heterocycles. The minimum Gasteiger partial charge on any atom is -0.384 e. The van der Waals surface area contributed by atoms with Crippen LogP contribution in [0.15, 0.2) is 45.5 Å². The molecule has 0 aromatic rings. The number of likely N-dealkylation sites (tertiary alicyclic amines) is 2. The molecule has 9 heteroatoms. The van der Waals surface area contributed by atoms with Crippen molar-refractivity contribution in [3.63, 3.8) is 0 Å². The van der Waals surface area contributed by atoms with Gasteiger partial charge in [0.2, 0.25) is 0 Å². The van der Waals surface area contributed by atoms with Crippen LogP contribution in [0.3, 0.4) is 0 Å². The molecular weight excluding hydrogens is 428 g/mol. The van der Waals surface area contributed by atoms with Gasteiger partial charge in [0.25, 0.3) is 5.91 Å². The predicted molar refractivity (Wildman–Crippen MR) is 139 cm³/mol. The van der Waals surface area contributed by atoms with Crippen molar-refractivity contribution < 1.29 is 4.79 Å². The largest absolute Gasteiger partial charge is 0.384 e. The number of piperidine rings is 1. The highest BCUT2D eigenvalue weighted by Crippen LogP contribution is 2.26. The molecule has 186 valence electrons. The number of nitrogens with zero attached hydrogens (tertiary/aromatic N) is 5. The molecule has 0 bridgehead atoms. The first-order valence-electron chi connectivity index (χ1n) is 12.3. The summed E-state index contributed by atoms with van der Waals surface area (Å²) in [7, 11) is 1.74. The highest BCUT2D eigenvalue weighted by molar-refractivity contribution is 6.02. The molecule has 0 radical (unpaired) electrons. The molecule has 3 heterocycles. The molecule has 9 nitrogen and oxygen atoms in total. The fourth-order valence-electron chi connectivity index (χ4n) is 4.71. The molecule has 4 N–H and O–H groups in total. The molecule has 3 aliphatic rings. The number of allylic oxidation sites excluding steroid dienone is 1. The van der Waals surface area contributed by atoms with Crippen LogP contribution in [0.5, 0.6) is 0 Å². The number of likely N-dealkylation sites (N-methyl/N-ethyl adjacent to an activating group) is 1. The van der Waals surface area contributed by atoms with E-state index in [2.05, 4.69) is 35.9 Å². The SMILES string of the molecule is C=NN1C=C(C)C(N2CC[C@H](N)C2)=N/C1=C/C1CCCCN1C(=O)/C(=C/C(=N)CC(C)C)NC. The van der Waals surface area contributed by atoms with Crippen LogP contribution in [0.1, 0.15) is 52.9 Å². The fraction of sp³-hybridized carbons (Fsp3) is 0.600. The van der Waals surface area contributed by atoms with Gasteiger partial charge in [-0.05, 0) is 57.1 Å². The summed E-state index contributed by atoms with van der Waals surface area (Å²) in [6, 6.07) is 0.0419. The van der Waals surface area contributed by atoms with Crippen LogP contribution in [0.2, 0.25) is 0 Å². The second kappa shape index (κ2) is 11.5. The third kappa shape index (κ3) is 6.14. The topological polar surface area (TPSA) is 113 Å². The zero-order valence-corrected chi connectivity index (χ0v) is 21.0. The van der Waals surface area contributed by atoms with Crippen LogP contribution in [0, 0.1) is 11.3 Å². The molecule has 0 aliphatic carbocycles. The highest BCUT2D eigenvalue weighted by atomic mass is 16.2. The van der Waals surface area contributed by atoms with E-state index in [1.54, 1.807) is 18.1 Å².